The lowest BCUT2D eigenvalue weighted by atomic mass is 9.64. The molecule has 1 aliphatic carbocycles. The summed E-state index contributed by atoms with van der Waals surface area (Å²) in [4.78, 5) is 0. The molecule has 0 aliphatic heterocycles. The van der Waals surface area contributed by atoms with Gasteiger partial charge in [0.1, 0.15) is 0 Å². The van der Waals surface area contributed by atoms with Gasteiger partial charge in [-0.25, -0.2) is 0 Å². The lowest BCUT2D eigenvalue weighted by molar-refractivity contribution is -0.113. The van der Waals surface area contributed by atoms with Gasteiger partial charge in [0.25, 0.3) is 0 Å². The van der Waals surface area contributed by atoms with Crippen LogP contribution in [0.25, 0.3) is 0 Å². The van der Waals surface area contributed by atoms with E-state index in [2.05, 4.69) is 26.1 Å². The number of ether oxygens (including phenoxy) is 1. The summed E-state index contributed by atoms with van der Waals surface area (Å²) in [6, 6.07) is 0.627. The van der Waals surface area contributed by atoms with Crippen LogP contribution in [0.15, 0.2) is 0 Å². The molecule has 0 bridgehead atoms. The number of hydrogen-bond donors (Lipinski definition) is 2. The molecule has 0 aromatic heterocycles. The fourth-order valence-corrected chi connectivity index (χ4v) is 2.44. The van der Waals surface area contributed by atoms with Crippen molar-refractivity contribution in [3.63, 3.8) is 0 Å². The lowest BCUT2D eigenvalue weighted by Gasteiger charge is -2.52. The zero-order valence-corrected chi connectivity index (χ0v) is 11.1. The van der Waals surface area contributed by atoms with E-state index in [0.29, 0.717) is 17.6 Å². The third-order valence-corrected chi connectivity index (χ3v) is 3.82. The van der Waals surface area contributed by atoms with Crippen LogP contribution in [0.5, 0.6) is 0 Å². The monoisotopic (exact) mass is 228 g/mol. The number of rotatable bonds is 8. The summed E-state index contributed by atoms with van der Waals surface area (Å²) < 4.78 is 5.71. The number of nitrogens with two attached hydrogens (primary N) is 1. The summed E-state index contributed by atoms with van der Waals surface area (Å²) in [6.07, 6.45) is 5.24. The molecule has 1 saturated carbocycles. The fraction of sp³-hybridized carbons (Fsp3) is 1.00. The normalized spacial score (nSPS) is 27.8. The maximum atomic E-state index is 5.71. The highest BCUT2D eigenvalue weighted by atomic mass is 16.5. The van der Waals surface area contributed by atoms with Crippen LogP contribution in [0.2, 0.25) is 0 Å². The molecule has 0 radical (unpaired) electrons. The first kappa shape index (κ1) is 13.9. The zero-order chi connectivity index (χ0) is 12.0. The van der Waals surface area contributed by atoms with Crippen LogP contribution in [0, 0.1) is 5.41 Å². The topological polar surface area (TPSA) is 47.3 Å². The zero-order valence-electron chi connectivity index (χ0n) is 11.1. The number of unbranched alkanes of at least 4 members (excludes halogenated alkanes) is 2. The molecule has 2 unspecified atom stereocenters. The molecule has 1 aliphatic rings. The molecule has 3 nitrogen and oxygen atoms in total. The minimum Gasteiger partial charge on any atom is -0.378 e. The standard InChI is InChI=1S/C13H28N2O/c1-4-16-12-10-11(13(12,2)3)15-9-7-5-6-8-14/h11-12,15H,4-10,14H2,1-3H3. The van der Waals surface area contributed by atoms with Crippen LogP contribution < -0.4 is 11.1 Å². The van der Waals surface area contributed by atoms with Crippen molar-refractivity contribution in [1.29, 1.82) is 0 Å². The van der Waals surface area contributed by atoms with Crippen LogP contribution in [-0.2, 0) is 4.74 Å². The Morgan fingerprint density at radius 1 is 1.31 bits per heavy atom. The van der Waals surface area contributed by atoms with E-state index in [1.165, 1.54) is 12.8 Å². The highest BCUT2D eigenvalue weighted by Gasteiger charge is 2.48. The lowest BCUT2D eigenvalue weighted by Crippen LogP contribution is -2.61. The Balaban J connectivity index is 2.11. The van der Waals surface area contributed by atoms with Crippen molar-refractivity contribution in [3.8, 4) is 0 Å². The molecular weight excluding hydrogens is 200 g/mol. The Bertz CT molecular complexity index is 194. The van der Waals surface area contributed by atoms with Gasteiger partial charge in [0.15, 0.2) is 0 Å². The summed E-state index contributed by atoms with van der Waals surface area (Å²) in [5.74, 6) is 0. The number of nitrogens with one attached hydrogen (secondary N) is 1. The van der Waals surface area contributed by atoms with Crippen molar-refractivity contribution >= 4 is 0 Å². The quantitative estimate of drug-likeness (QED) is 0.624. The summed E-state index contributed by atoms with van der Waals surface area (Å²) in [6.45, 7) is 9.44. The Labute approximate surface area is 100 Å². The van der Waals surface area contributed by atoms with Crippen LogP contribution in [0.3, 0.4) is 0 Å². The molecule has 0 aromatic carbocycles. The van der Waals surface area contributed by atoms with Crippen LogP contribution in [0.1, 0.15) is 46.5 Å². The van der Waals surface area contributed by atoms with Gasteiger partial charge < -0.3 is 15.8 Å². The average molecular weight is 228 g/mol. The second kappa shape index (κ2) is 6.58. The van der Waals surface area contributed by atoms with E-state index >= 15 is 0 Å². The third kappa shape index (κ3) is 3.44. The molecule has 0 heterocycles. The van der Waals surface area contributed by atoms with Gasteiger partial charge in [-0.2, -0.15) is 0 Å². The maximum absolute atomic E-state index is 5.71. The van der Waals surface area contributed by atoms with E-state index in [-0.39, 0.29) is 0 Å². The van der Waals surface area contributed by atoms with Crippen molar-refractivity contribution in [2.45, 2.75) is 58.6 Å². The van der Waals surface area contributed by atoms with E-state index in [1.54, 1.807) is 0 Å². The van der Waals surface area contributed by atoms with E-state index in [4.69, 9.17) is 10.5 Å². The average Bonchev–Trinajstić information content (AvgIpc) is 2.26. The smallest absolute Gasteiger partial charge is 0.0655 e. The van der Waals surface area contributed by atoms with Gasteiger partial charge in [-0.3, -0.25) is 0 Å². The fourth-order valence-electron chi connectivity index (χ4n) is 2.44. The van der Waals surface area contributed by atoms with E-state index in [1.807, 2.05) is 0 Å². The Kier molecular flexibility index (Phi) is 5.73. The molecule has 16 heavy (non-hydrogen) atoms. The van der Waals surface area contributed by atoms with Crippen molar-refractivity contribution < 1.29 is 4.74 Å². The van der Waals surface area contributed by atoms with Crippen LogP contribution >= 0.6 is 0 Å². The summed E-state index contributed by atoms with van der Waals surface area (Å²) in [7, 11) is 0. The van der Waals surface area contributed by atoms with Crippen LogP contribution in [-0.4, -0.2) is 31.8 Å². The first-order chi connectivity index (χ1) is 7.62. The van der Waals surface area contributed by atoms with Crippen LogP contribution in [0.4, 0.5) is 0 Å². The van der Waals surface area contributed by atoms with Gasteiger partial charge >= 0.3 is 0 Å². The Hall–Kier alpha value is -0.120. The summed E-state index contributed by atoms with van der Waals surface area (Å²) >= 11 is 0. The predicted molar refractivity (Wildman–Crippen MR) is 68.5 cm³/mol. The highest BCUT2D eigenvalue weighted by Crippen LogP contribution is 2.42. The molecular formula is C13H28N2O. The third-order valence-electron chi connectivity index (χ3n) is 3.82. The van der Waals surface area contributed by atoms with Gasteiger partial charge in [-0.1, -0.05) is 20.3 Å². The molecule has 0 aromatic rings. The van der Waals surface area contributed by atoms with Gasteiger partial charge in [0.05, 0.1) is 6.10 Å². The Morgan fingerprint density at radius 3 is 2.62 bits per heavy atom. The van der Waals surface area contributed by atoms with E-state index < -0.39 is 0 Å². The Morgan fingerprint density at radius 2 is 2.06 bits per heavy atom. The molecule has 0 spiro atoms. The minimum atomic E-state index is 0.296. The van der Waals surface area contributed by atoms with Crippen molar-refractivity contribution in [3.05, 3.63) is 0 Å². The second-order valence-corrected chi connectivity index (χ2v) is 5.36. The van der Waals surface area contributed by atoms with Gasteiger partial charge in [0, 0.05) is 18.1 Å². The summed E-state index contributed by atoms with van der Waals surface area (Å²) in [5.41, 5.74) is 5.76. The maximum Gasteiger partial charge on any atom is 0.0655 e. The van der Waals surface area contributed by atoms with E-state index in [0.717, 1.165) is 32.5 Å². The molecule has 0 amide bonds. The van der Waals surface area contributed by atoms with Gasteiger partial charge in [-0.15, -0.1) is 0 Å². The number of hydrogen-bond acceptors (Lipinski definition) is 3. The molecule has 96 valence electrons. The van der Waals surface area contributed by atoms with Gasteiger partial charge in [0.2, 0.25) is 0 Å². The molecule has 0 saturated heterocycles. The van der Waals surface area contributed by atoms with Gasteiger partial charge in [-0.05, 0) is 39.3 Å². The first-order valence-corrected chi connectivity index (χ1v) is 6.68. The predicted octanol–water partition coefficient (Wildman–Crippen LogP) is 1.91. The molecule has 3 N–H and O–H groups in total. The van der Waals surface area contributed by atoms with E-state index in [9.17, 15) is 0 Å². The SMILES string of the molecule is CCOC1CC(NCCCCCN)C1(C)C. The second-order valence-electron chi connectivity index (χ2n) is 5.36. The molecule has 3 heteroatoms. The minimum absolute atomic E-state index is 0.296. The van der Waals surface area contributed by atoms with Crippen molar-refractivity contribution in [2.75, 3.05) is 19.7 Å². The van der Waals surface area contributed by atoms with Crippen molar-refractivity contribution in [2.24, 2.45) is 11.1 Å². The summed E-state index contributed by atoms with van der Waals surface area (Å²) in [5, 5.41) is 3.64. The van der Waals surface area contributed by atoms with Crippen molar-refractivity contribution in [1.82, 2.24) is 5.32 Å². The molecule has 2 atom stereocenters. The highest BCUT2D eigenvalue weighted by molar-refractivity contribution is 5.02. The molecule has 1 rings (SSSR count). The molecule has 1 fully saturated rings. The first-order valence-electron chi connectivity index (χ1n) is 6.68. The largest absolute Gasteiger partial charge is 0.378 e.